The zero-order valence-corrected chi connectivity index (χ0v) is 12.0. The summed E-state index contributed by atoms with van der Waals surface area (Å²) in [5, 5.41) is 3.20. The third-order valence-electron chi connectivity index (χ3n) is 3.20. The molecule has 5 nitrogen and oxygen atoms in total. The van der Waals surface area contributed by atoms with Crippen LogP contribution in [-0.4, -0.2) is 33.3 Å². The summed E-state index contributed by atoms with van der Waals surface area (Å²) >= 11 is 0. The van der Waals surface area contributed by atoms with Crippen molar-refractivity contribution < 1.29 is 17.9 Å². The zero-order chi connectivity index (χ0) is 13.9. The van der Waals surface area contributed by atoms with Crippen molar-refractivity contribution in [3.8, 4) is 11.5 Å². The molecule has 0 bridgehead atoms. The van der Waals surface area contributed by atoms with Gasteiger partial charge in [0, 0.05) is 18.3 Å². The molecule has 1 aliphatic rings. The van der Waals surface area contributed by atoms with Gasteiger partial charge in [-0.15, -0.1) is 0 Å². The van der Waals surface area contributed by atoms with E-state index in [2.05, 4.69) is 5.32 Å². The third kappa shape index (κ3) is 3.61. The highest BCUT2D eigenvalue weighted by Crippen LogP contribution is 2.33. The summed E-state index contributed by atoms with van der Waals surface area (Å²) in [7, 11) is -2.91. The Kier molecular flexibility index (Phi) is 4.31. The Morgan fingerprint density at radius 2 is 2.05 bits per heavy atom. The normalized spacial score (nSPS) is 15.5. The molecule has 0 aliphatic carbocycles. The lowest BCUT2D eigenvalue weighted by molar-refractivity contribution is 0.174. The van der Waals surface area contributed by atoms with Crippen LogP contribution in [0.4, 0.5) is 0 Å². The summed E-state index contributed by atoms with van der Waals surface area (Å²) in [6.45, 7) is 4.37. The van der Waals surface area contributed by atoms with Gasteiger partial charge < -0.3 is 14.8 Å². The monoisotopic (exact) mass is 285 g/mol. The fourth-order valence-corrected chi connectivity index (χ4v) is 2.59. The quantitative estimate of drug-likeness (QED) is 0.858. The van der Waals surface area contributed by atoms with Crippen LogP contribution in [-0.2, 0) is 9.84 Å². The van der Waals surface area contributed by atoms with Gasteiger partial charge in [-0.05, 0) is 24.6 Å². The SMILES string of the molecule is CCS(=O)(=O)CCNC(C)c1ccc2c(c1)OCO2. The molecular formula is C13H19NO4S. The van der Waals surface area contributed by atoms with E-state index < -0.39 is 9.84 Å². The highest BCUT2D eigenvalue weighted by Gasteiger charge is 2.16. The molecule has 0 amide bonds. The van der Waals surface area contributed by atoms with Crippen LogP contribution in [0.2, 0.25) is 0 Å². The Morgan fingerprint density at radius 1 is 1.32 bits per heavy atom. The molecule has 2 rings (SSSR count). The number of fused-ring (bicyclic) bond motifs is 1. The van der Waals surface area contributed by atoms with Gasteiger partial charge >= 0.3 is 0 Å². The maximum absolute atomic E-state index is 11.4. The van der Waals surface area contributed by atoms with Gasteiger partial charge in [0.1, 0.15) is 0 Å². The molecule has 1 aromatic carbocycles. The minimum absolute atomic E-state index is 0.0709. The first-order chi connectivity index (χ1) is 9.02. The predicted molar refractivity (Wildman–Crippen MR) is 73.3 cm³/mol. The van der Waals surface area contributed by atoms with Crippen molar-refractivity contribution >= 4 is 9.84 Å². The van der Waals surface area contributed by atoms with Gasteiger partial charge in [-0.1, -0.05) is 13.0 Å². The Bertz CT molecular complexity index is 542. The number of nitrogens with one attached hydrogen (secondary N) is 1. The summed E-state index contributed by atoms with van der Waals surface area (Å²) in [6.07, 6.45) is 0. The van der Waals surface area contributed by atoms with Gasteiger partial charge in [0.15, 0.2) is 21.3 Å². The molecule has 0 radical (unpaired) electrons. The van der Waals surface area contributed by atoms with Gasteiger partial charge in [0.25, 0.3) is 0 Å². The van der Waals surface area contributed by atoms with Crippen molar-refractivity contribution in [1.29, 1.82) is 0 Å². The first-order valence-corrected chi connectivity index (χ1v) is 8.17. The molecule has 0 saturated carbocycles. The van der Waals surface area contributed by atoms with Gasteiger partial charge in [0.05, 0.1) is 5.75 Å². The molecular weight excluding hydrogens is 266 g/mol. The lowest BCUT2D eigenvalue weighted by atomic mass is 10.1. The lowest BCUT2D eigenvalue weighted by Gasteiger charge is -2.14. The van der Waals surface area contributed by atoms with Crippen LogP contribution < -0.4 is 14.8 Å². The van der Waals surface area contributed by atoms with Crippen molar-refractivity contribution in [3.05, 3.63) is 23.8 Å². The Labute approximate surface area is 113 Å². The van der Waals surface area contributed by atoms with Crippen LogP contribution in [0.1, 0.15) is 25.5 Å². The minimum Gasteiger partial charge on any atom is -0.454 e. The average molecular weight is 285 g/mol. The molecule has 0 fully saturated rings. The smallest absolute Gasteiger partial charge is 0.231 e. The number of rotatable bonds is 6. The molecule has 1 N–H and O–H groups in total. The van der Waals surface area contributed by atoms with E-state index in [0.717, 1.165) is 17.1 Å². The second-order valence-corrected chi connectivity index (χ2v) is 7.00. The number of hydrogen-bond donors (Lipinski definition) is 1. The zero-order valence-electron chi connectivity index (χ0n) is 11.2. The molecule has 106 valence electrons. The van der Waals surface area contributed by atoms with E-state index >= 15 is 0 Å². The van der Waals surface area contributed by atoms with Crippen LogP contribution in [0.25, 0.3) is 0 Å². The maximum Gasteiger partial charge on any atom is 0.231 e. The van der Waals surface area contributed by atoms with E-state index in [4.69, 9.17) is 9.47 Å². The number of sulfone groups is 1. The van der Waals surface area contributed by atoms with E-state index in [0.29, 0.717) is 6.54 Å². The lowest BCUT2D eigenvalue weighted by Crippen LogP contribution is -2.26. The van der Waals surface area contributed by atoms with Crippen molar-refractivity contribution in [2.75, 3.05) is 24.8 Å². The first-order valence-electron chi connectivity index (χ1n) is 6.35. The van der Waals surface area contributed by atoms with E-state index in [1.807, 2.05) is 25.1 Å². The second kappa shape index (κ2) is 5.79. The molecule has 1 aromatic rings. The average Bonchev–Trinajstić information content (AvgIpc) is 2.85. The Morgan fingerprint density at radius 3 is 2.79 bits per heavy atom. The van der Waals surface area contributed by atoms with E-state index in [1.54, 1.807) is 6.92 Å². The summed E-state index contributed by atoms with van der Waals surface area (Å²) in [5.41, 5.74) is 1.05. The Hall–Kier alpha value is -1.27. The molecule has 1 atom stereocenters. The summed E-state index contributed by atoms with van der Waals surface area (Å²) < 4.78 is 33.4. The summed E-state index contributed by atoms with van der Waals surface area (Å²) in [5.74, 6) is 1.85. The van der Waals surface area contributed by atoms with Gasteiger partial charge in [0.2, 0.25) is 6.79 Å². The third-order valence-corrected chi connectivity index (χ3v) is 4.91. The molecule has 0 saturated heterocycles. The molecule has 1 unspecified atom stereocenters. The predicted octanol–water partition coefficient (Wildman–Crippen LogP) is 1.50. The van der Waals surface area contributed by atoms with Crippen LogP contribution >= 0.6 is 0 Å². The van der Waals surface area contributed by atoms with Crippen molar-refractivity contribution in [2.45, 2.75) is 19.9 Å². The molecule has 1 aliphatic heterocycles. The fourth-order valence-electron chi connectivity index (χ4n) is 1.88. The number of benzene rings is 1. The van der Waals surface area contributed by atoms with Gasteiger partial charge in [-0.25, -0.2) is 8.42 Å². The second-order valence-electron chi connectivity index (χ2n) is 4.52. The van der Waals surface area contributed by atoms with Crippen molar-refractivity contribution in [2.24, 2.45) is 0 Å². The first kappa shape index (κ1) is 14.1. The van der Waals surface area contributed by atoms with Crippen LogP contribution in [0.3, 0.4) is 0 Å². The van der Waals surface area contributed by atoms with Crippen LogP contribution in [0.5, 0.6) is 11.5 Å². The number of hydrogen-bond acceptors (Lipinski definition) is 5. The van der Waals surface area contributed by atoms with E-state index in [-0.39, 0.29) is 24.3 Å². The van der Waals surface area contributed by atoms with Gasteiger partial charge in [-0.2, -0.15) is 0 Å². The maximum atomic E-state index is 11.4. The molecule has 6 heteroatoms. The highest BCUT2D eigenvalue weighted by molar-refractivity contribution is 7.91. The summed E-state index contributed by atoms with van der Waals surface area (Å²) in [6, 6.07) is 5.83. The molecule has 0 spiro atoms. The molecule has 0 aromatic heterocycles. The molecule has 1 heterocycles. The largest absolute Gasteiger partial charge is 0.454 e. The fraction of sp³-hybridized carbons (Fsp3) is 0.538. The Balaban J connectivity index is 1.91. The number of ether oxygens (including phenoxy) is 2. The highest BCUT2D eigenvalue weighted by atomic mass is 32.2. The van der Waals surface area contributed by atoms with Crippen molar-refractivity contribution in [3.63, 3.8) is 0 Å². The van der Waals surface area contributed by atoms with E-state index in [9.17, 15) is 8.42 Å². The van der Waals surface area contributed by atoms with Crippen LogP contribution in [0, 0.1) is 0 Å². The summed E-state index contributed by atoms with van der Waals surface area (Å²) in [4.78, 5) is 0. The minimum atomic E-state index is -2.91. The van der Waals surface area contributed by atoms with Crippen LogP contribution in [0.15, 0.2) is 18.2 Å². The molecule has 19 heavy (non-hydrogen) atoms. The standard InChI is InChI=1S/C13H19NO4S/c1-3-19(15,16)7-6-14-10(2)11-4-5-12-13(8-11)18-9-17-12/h4-5,8,10,14H,3,6-7,9H2,1-2H3. The topological polar surface area (TPSA) is 64.6 Å². The van der Waals surface area contributed by atoms with E-state index in [1.165, 1.54) is 0 Å². The van der Waals surface area contributed by atoms with Gasteiger partial charge in [-0.3, -0.25) is 0 Å². The van der Waals surface area contributed by atoms with Crippen molar-refractivity contribution in [1.82, 2.24) is 5.32 Å².